The van der Waals surface area contributed by atoms with Gasteiger partial charge in [0, 0.05) is 6.42 Å². The maximum Gasteiger partial charge on any atom is 0.280 e. The first-order valence-electron chi connectivity index (χ1n) is 2.61. The molecular weight excluding hydrogens is 118 g/mol. The first-order chi connectivity index (χ1) is 3.93. The molecule has 42 valence electrons. The summed E-state index contributed by atoms with van der Waals surface area (Å²) >= 11 is 1.51. The van der Waals surface area contributed by atoms with Crippen LogP contribution < -0.4 is 0 Å². The second-order valence-electron chi connectivity index (χ2n) is 1.64. The molecule has 2 heteroatoms. The van der Waals surface area contributed by atoms with Gasteiger partial charge in [0.05, 0.1) is 0 Å². The third kappa shape index (κ3) is 1.23. The molecule has 0 unspecified atom stereocenters. The number of allylic oxidation sites excluding steroid dienone is 2. The normalized spacial score (nSPS) is 22.2. The standard InChI is InChI=1S/C6H8NS/c7-5-8-6-3-1-2-4-6/h1,3,5,7H,2,4H2/q+1. The third-order valence-corrected chi connectivity index (χ3v) is 1.83. The van der Waals surface area contributed by atoms with Crippen LogP contribution in [-0.2, 0) is 11.4 Å². The second-order valence-corrected chi connectivity index (χ2v) is 2.64. The molecule has 1 aliphatic carbocycles. The van der Waals surface area contributed by atoms with Gasteiger partial charge in [-0.25, -0.2) is 0 Å². The Morgan fingerprint density at radius 2 is 2.62 bits per heavy atom. The van der Waals surface area contributed by atoms with Crippen LogP contribution in [0.1, 0.15) is 12.8 Å². The maximum absolute atomic E-state index is 6.75. The van der Waals surface area contributed by atoms with E-state index in [0.717, 1.165) is 12.8 Å². The molecule has 0 heterocycles. The minimum absolute atomic E-state index is 1.14. The predicted octanol–water partition coefficient (Wildman–Crippen LogP) is 1.20. The number of hydrogen-bond donors (Lipinski definition) is 1. The molecule has 0 radical (unpaired) electrons. The summed E-state index contributed by atoms with van der Waals surface area (Å²) < 4.78 is 0. The van der Waals surface area contributed by atoms with Gasteiger partial charge in [-0.3, -0.25) is 5.41 Å². The average Bonchev–Trinajstić information content (AvgIpc) is 2.19. The summed E-state index contributed by atoms with van der Waals surface area (Å²) in [6.45, 7) is 0. The minimum Gasteiger partial charge on any atom is -0.255 e. The van der Waals surface area contributed by atoms with Gasteiger partial charge in [-0.2, -0.15) is 0 Å². The third-order valence-electron chi connectivity index (χ3n) is 1.07. The van der Waals surface area contributed by atoms with Crippen LogP contribution in [0, 0.1) is 5.41 Å². The van der Waals surface area contributed by atoms with E-state index in [0.29, 0.717) is 0 Å². The van der Waals surface area contributed by atoms with E-state index in [4.69, 9.17) is 5.41 Å². The van der Waals surface area contributed by atoms with Gasteiger partial charge in [-0.1, -0.05) is 6.08 Å². The first-order valence-corrected chi connectivity index (χ1v) is 3.49. The number of rotatable bonds is 1. The molecule has 0 saturated heterocycles. The Morgan fingerprint density at radius 3 is 3.12 bits per heavy atom. The molecule has 8 heavy (non-hydrogen) atoms. The van der Waals surface area contributed by atoms with Crippen LogP contribution in [0.5, 0.6) is 0 Å². The van der Waals surface area contributed by atoms with Crippen molar-refractivity contribution in [3.63, 3.8) is 0 Å². The van der Waals surface area contributed by atoms with Gasteiger partial charge in [-0.05, 0) is 12.5 Å². The van der Waals surface area contributed by atoms with E-state index in [2.05, 4.69) is 12.2 Å². The molecule has 0 aliphatic heterocycles. The number of nitrogens with one attached hydrogen (secondary N) is 1. The van der Waals surface area contributed by atoms with Crippen molar-refractivity contribution in [1.82, 2.24) is 0 Å². The van der Waals surface area contributed by atoms with E-state index in [-0.39, 0.29) is 0 Å². The zero-order valence-corrected chi connectivity index (χ0v) is 5.37. The highest BCUT2D eigenvalue weighted by atomic mass is 32.1. The monoisotopic (exact) mass is 126 g/mol. The summed E-state index contributed by atoms with van der Waals surface area (Å²) in [5, 5.41) is 6.75. The minimum atomic E-state index is 1.14. The Balaban J connectivity index is 2.58. The quantitative estimate of drug-likeness (QED) is 0.236. The van der Waals surface area contributed by atoms with Crippen molar-refractivity contribution in [2.24, 2.45) is 0 Å². The maximum atomic E-state index is 6.75. The van der Waals surface area contributed by atoms with Gasteiger partial charge in [0.25, 0.3) is 5.55 Å². The van der Waals surface area contributed by atoms with Crippen molar-refractivity contribution in [3.8, 4) is 0 Å². The van der Waals surface area contributed by atoms with Gasteiger partial charge in [0.15, 0.2) is 0 Å². The Morgan fingerprint density at radius 1 is 1.75 bits per heavy atom. The lowest BCUT2D eigenvalue weighted by Crippen LogP contribution is -1.87. The van der Waals surface area contributed by atoms with Gasteiger partial charge in [0.1, 0.15) is 0 Å². The Labute approximate surface area is 52.9 Å². The Hall–Kier alpha value is -0.500. The predicted molar refractivity (Wildman–Crippen MR) is 39.5 cm³/mol. The van der Waals surface area contributed by atoms with Crippen molar-refractivity contribution < 1.29 is 0 Å². The van der Waals surface area contributed by atoms with Crippen LogP contribution in [0.4, 0.5) is 0 Å². The zero-order chi connectivity index (χ0) is 5.82. The Bertz CT molecular complexity index is 147. The summed E-state index contributed by atoms with van der Waals surface area (Å²) in [5.74, 6) is 0. The van der Waals surface area contributed by atoms with E-state index in [1.165, 1.54) is 21.8 Å². The summed E-state index contributed by atoms with van der Waals surface area (Å²) in [7, 11) is 0. The molecule has 0 saturated carbocycles. The number of hydrogen-bond acceptors (Lipinski definition) is 1. The molecule has 0 atom stereocenters. The molecular formula is C6H8NS+. The fourth-order valence-corrected chi connectivity index (χ4v) is 1.26. The van der Waals surface area contributed by atoms with Crippen LogP contribution in [0.2, 0.25) is 0 Å². The fraction of sp³-hybridized carbons (Fsp3) is 0.333. The van der Waals surface area contributed by atoms with E-state index in [9.17, 15) is 0 Å². The van der Waals surface area contributed by atoms with Gasteiger partial charge < -0.3 is 0 Å². The Kier molecular flexibility index (Phi) is 1.92. The molecule has 1 N–H and O–H groups in total. The molecule has 0 aromatic carbocycles. The summed E-state index contributed by atoms with van der Waals surface area (Å²) in [5.41, 5.74) is 1.38. The van der Waals surface area contributed by atoms with Crippen LogP contribution >= 0.6 is 0 Å². The lowest BCUT2D eigenvalue weighted by atomic mass is 10.4. The molecule has 0 spiro atoms. The van der Waals surface area contributed by atoms with E-state index in [1.807, 2.05) is 0 Å². The largest absolute Gasteiger partial charge is 0.280 e. The summed E-state index contributed by atoms with van der Waals surface area (Å²) in [6, 6.07) is 0. The van der Waals surface area contributed by atoms with Crippen LogP contribution in [0.15, 0.2) is 12.2 Å². The molecule has 0 aromatic rings. The van der Waals surface area contributed by atoms with E-state index in [1.54, 1.807) is 0 Å². The fourth-order valence-electron chi connectivity index (χ4n) is 0.698. The van der Waals surface area contributed by atoms with Crippen molar-refractivity contribution in [2.45, 2.75) is 12.8 Å². The van der Waals surface area contributed by atoms with Crippen molar-refractivity contribution in [3.05, 3.63) is 12.2 Å². The average molecular weight is 126 g/mol. The topological polar surface area (TPSA) is 23.9 Å². The highest BCUT2D eigenvalue weighted by Gasteiger charge is 2.07. The van der Waals surface area contributed by atoms with Gasteiger partial charge in [0.2, 0.25) is 16.2 Å². The van der Waals surface area contributed by atoms with Crippen molar-refractivity contribution in [1.29, 1.82) is 5.41 Å². The van der Waals surface area contributed by atoms with Gasteiger partial charge >= 0.3 is 0 Å². The molecule has 0 bridgehead atoms. The molecule has 1 rings (SSSR count). The zero-order valence-electron chi connectivity index (χ0n) is 4.55. The lowest BCUT2D eigenvalue weighted by Gasteiger charge is -1.69. The van der Waals surface area contributed by atoms with E-state index >= 15 is 0 Å². The highest BCUT2D eigenvalue weighted by Crippen LogP contribution is 2.03. The SMILES string of the molecule is N=C[S+]=C1C=CCC1. The molecule has 0 fully saturated rings. The first kappa shape index (κ1) is 5.63. The highest BCUT2D eigenvalue weighted by molar-refractivity contribution is 7.92. The smallest absolute Gasteiger partial charge is 0.255 e. The molecule has 0 aromatic heterocycles. The lowest BCUT2D eigenvalue weighted by molar-refractivity contribution is 1.15. The van der Waals surface area contributed by atoms with Crippen molar-refractivity contribution >= 4 is 21.8 Å². The second kappa shape index (κ2) is 2.72. The van der Waals surface area contributed by atoms with Crippen LogP contribution in [0.3, 0.4) is 0 Å². The van der Waals surface area contributed by atoms with E-state index < -0.39 is 0 Å². The summed E-state index contributed by atoms with van der Waals surface area (Å²) in [6.07, 6.45) is 6.54. The molecule has 1 nitrogen and oxygen atoms in total. The van der Waals surface area contributed by atoms with Crippen molar-refractivity contribution in [2.75, 3.05) is 0 Å². The summed E-state index contributed by atoms with van der Waals surface area (Å²) in [4.78, 5) is 1.32. The molecule has 0 amide bonds. The van der Waals surface area contributed by atoms with Crippen LogP contribution in [0.25, 0.3) is 0 Å². The van der Waals surface area contributed by atoms with Crippen LogP contribution in [-0.4, -0.2) is 10.4 Å². The molecule has 1 aliphatic rings. The van der Waals surface area contributed by atoms with Gasteiger partial charge in [-0.15, -0.1) is 0 Å².